The number of aromatic carboxylic acids is 1. The Labute approximate surface area is 126 Å². The van der Waals surface area contributed by atoms with Gasteiger partial charge in [-0.2, -0.15) is 0 Å². The van der Waals surface area contributed by atoms with Gasteiger partial charge in [0, 0.05) is 24.3 Å². The third-order valence-corrected chi connectivity index (χ3v) is 4.51. The third-order valence-electron chi connectivity index (χ3n) is 4.23. The van der Waals surface area contributed by atoms with Gasteiger partial charge in [-0.05, 0) is 25.8 Å². The monoisotopic (exact) mass is 310 g/mol. The van der Waals surface area contributed by atoms with Crippen LogP contribution in [0.2, 0.25) is 5.02 Å². The Kier molecular flexibility index (Phi) is 3.32. The molecular formula is C15H15ClO5. The summed E-state index contributed by atoms with van der Waals surface area (Å²) in [5, 5.41) is 9.43. The normalized spacial score (nSPS) is 26.9. The van der Waals surface area contributed by atoms with E-state index in [0.29, 0.717) is 42.7 Å². The molecule has 6 heteroatoms. The van der Waals surface area contributed by atoms with E-state index in [1.807, 2.05) is 0 Å². The molecule has 2 aliphatic rings. The van der Waals surface area contributed by atoms with E-state index in [2.05, 4.69) is 0 Å². The first kappa shape index (κ1) is 14.2. The molecule has 1 N–H and O–H groups in total. The van der Waals surface area contributed by atoms with E-state index in [0.717, 1.165) is 6.29 Å². The first-order chi connectivity index (χ1) is 9.96. The molecular weight excluding hydrogens is 296 g/mol. The maximum Gasteiger partial charge on any atom is 0.336 e. The lowest BCUT2D eigenvalue weighted by atomic mass is 9.86. The number of carboxylic acids is 1. The van der Waals surface area contributed by atoms with Crippen molar-refractivity contribution in [2.75, 3.05) is 0 Å². The van der Waals surface area contributed by atoms with Crippen molar-refractivity contribution in [2.45, 2.75) is 38.4 Å². The second-order valence-corrected chi connectivity index (χ2v) is 5.99. The molecule has 1 aromatic carbocycles. The summed E-state index contributed by atoms with van der Waals surface area (Å²) in [5.74, 6) is -1.01. The average molecular weight is 311 g/mol. The fraction of sp³-hybridized carbons (Fsp3) is 0.467. The van der Waals surface area contributed by atoms with Crippen LogP contribution < -0.4 is 9.47 Å². The van der Waals surface area contributed by atoms with Gasteiger partial charge in [-0.3, -0.25) is 0 Å². The van der Waals surface area contributed by atoms with Crippen LogP contribution >= 0.6 is 11.6 Å². The van der Waals surface area contributed by atoms with E-state index in [4.69, 9.17) is 21.1 Å². The molecule has 3 rings (SSSR count). The molecule has 0 amide bonds. The molecule has 1 aromatic rings. The average Bonchev–Trinajstić information content (AvgIpc) is 2.84. The minimum absolute atomic E-state index is 0.0395. The van der Waals surface area contributed by atoms with Gasteiger partial charge in [0.25, 0.3) is 5.79 Å². The van der Waals surface area contributed by atoms with E-state index in [1.165, 1.54) is 6.07 Å². The lowest BCUT2D eigenvalue weighted by Gasteiger charge is -2.33. The molecule has 1 spiro atoms. The molecule has 0 radical (unpaired) electrons. The summed E-state index contributed by atoms with van der Waals surface area (Å²) in [6, 6.07) is 1.39. The van der Waals surface area contributed by atoms with Gasteiger partial charge in [0.05, 0.1) is 10.6 Å². The smallest absolute Gasteiger partial charge is 0.336 e. The molecule has 1 heterocycles. The number of aldehydes is 1. The van der Waals surface area contributed by atoms with Crippen LogP contribution in [0.4, 0.5) is 0 Å². The number of hydrogen-bond donors (Lipinski definition) is 1. The highest BCUT2D eigenvalue weighted by molar-refractivity contribution is 6.32. The molecule has 21 heavy (non-hydrogen) atoms. The number of halogens is 1. The minimum Gasteiger partial charge on any atom is -0.478 e. The predicted molar refractivity (Wildman–Crippen MR) is 75.2 cm³/mol. The van der Waals surface area contributed by atoms with Crippen LogP contribution in [0.1, 0.15) is 41.6 Å². The summed E-state index contributed by atoms with van der Waals surface area (Å²) in [6.45, 7) is 1.68. The van der Waals surface area contributed by atoms with Crippen molar-refractivity contribution in [3.05, 3.63) is 22.2 Å². The Balaban J connectivity index is 1.94. The van der Waals surface area contributed by atoms with Crippen LogP contribution in [0.25, 0.3) is 0 Å². The lowest BCUT2D eigenvalue weighted by molar-refractivity contribution is -0.126. The molecule has 0 aromatic heterocycles. The van der Waals surface area contributed by atoms with E-state index >= 15 is 0 Å². The molecule has 1 aliphatic heterocycles. The highest BCUT2D eigenvalue weighted by atomic mass is 35.5. The largest absolute Gasteiger partial charge is 0.478 e. The number of benzene rings is 1. The Bertz CT molecular complexity index is 617. The highest BCUT2D eigenvalue weighted by Gasteiger charge is 2.46. The first-order valence-corrected chi connectivity index (χ1v) is 7.23. The summed E-state index contributed by atoms with van der Waals surface area (Å²) in [7, 11) is 0. The molecule has 112 valence electrons. The number of fused-ring (bicyclic) bond motifs is 1. The zero-order valence-corrected chi connectivity index (χ0v) is 12.3. The predicted octanol–water partition coefficient (Wildman–Crippen LogP) is 3.20. The first-order valence-electron chi connectivity index (χ1n) is 6.85. The zero-order valence-electron chi connectivity index (χ0n) is 11.5. The lowest BCUT2D eigenvalue weighted by Crippen LogP contribution is -2.42. The van der Waals surface area contributed by atoms with Crippen molar-refractivity contribution in [1.82, 2.24) is 0 Å². The van der Waals surface area contributed by atoms with Crippen LogP contribution in [-0.4, -0.2) is 23.1 Å². The number of carboxylic acid groups (broad SMARTS) is 1. The Hall–Kier alpha value is -1.75. The van der Waals surface area contributed by atoms with Gasteiger partial charge < -0.3 is 19.4 Å². The number of rotatable bonds is 2. The quantitative estimate of drug-likeness (QED) is 0.849. The number of carbonyl (C=O) groups is 2. The van der Waals surface area contributed by atoms with Crippen molar-refractivity contribution in [3.63, 3.8) is 0 Å². The Morgan fingerprint density at radius 1 is 1.38 bits per heavy atom. The molecule has 1 fully saturated rings. The van der Waals surface area contributed by atoms with Crippen LogP contribution in [0.3, 0.4) is 0 Å². The van der Waals surface area contributed by atoms with Gasteiger partial charge in [0.15, 0.2) is 11.5 Å². The Morgan fingerprint density at radius 2 is 2.00 bits per heavy atom. The minimum atomic E-state index is -1.05. The van der Waals surface area contributed by atoms with Crippen molar-refractivity contribution in [2.24, 2.45) is 5.92 Å². The molecule has 0 bridgehead atoms. The molecule has 0 atom stereocenters. The second kappa shape index (κ2) is 4.91. The van der Waals surface area contributed by atoms with Crippen molar-refractivity contribution in [3.8, 4) is 11.5 Å². The van der Waals surface area contributed by atoms with E-state index in [-0.39, 0.29) is 16.5 Å². The maximum atomic E-state index is 11.2. The molecule has 1 saturated carbocycles. The molecule has 1 aliphatic carbocycles. The van der Waals surface area contributed by atoms with Gasteiger partial charge >= 0.3 is 5.97 Å². The van der Waals surface area contributed by atoms with E-state index < -0.39 is 11.8 Å². The molecule has 0 saturated heterocycles. The SMILES string of the molecule is Cc1c(C(=O)O)cc(Cl)c2c1OC1(CCC(C=O)CC1)O2. The number of carbonyl (C=O) groups excluding carboxylic acids is 1. The van der Waals surface area contributed by atoms with Crippen molar-refractivity contribution < 1.29 is 24.2 Å². The van der Waals surface area contributed by atoms with Gasteiger partial charge in [0.1, 0.15) is 6.29 Å². The maximum absolute atomic E-state index is 11.2. The summed E-state index contributed by atoms with van der Waals surface area (Å²) >= 11 is 6.12. The summed E-state index contributed by atoms with van der Waals surface area (Å²) < 4.78 is 11.9. The standard InChI is InChI=1S/C15H15ClO5/c1-8-10(14(18)19)6-11(16)13-12(8)20-15(21-13)4-2-9(7-17)3-5-15/h6-7,9H,2-5H2,1H3,(H,18,19). The molecule has 0 unspecified atom stereocenters. The van der Waals surface area contributed by atoms with Gasteiger partial charge in [0.2, 0.25) is 0 Å². The summed E-state index contributed by atoms with van der Waals surface area (Å²) in [4.78, 5) is 22.1. The highest BCUT2D eigenvalue weighted by Crippen LogP contribution is 2.51. The number of hydrogen-bond acceptors (Lipinski definition) is 4. The fourth-order valence-electron chi connectivity index (χ4n) is 2.95. The van der Waals surface area contributed by atoms with Crippen molar-refractivity contribution >= 4 is 23.9 Å². The summed E-state index contributed by atoms with van der Waals surface area (Å²) in [5.41, 5.74) is 0.622. The van der Waals surface area contributed by atoms with Crippen LogP contribution in [0.5, 0.6) is 11.5 Å². The fourth-order valence-corrected chi connectivity index (χ4v) is 3.19. The number of ether oxygens (including phenoxy) is 2. The topological polar surface area (TPSA) is 72.8 Å². The Morgan fingerprint density at radius 3 is 2.57 bits per heavy atom. The van der Waals surface area contributed by atoms with Gasteiger partial charge in [-0.1, -0.05) is 11.6 Å². The van der Waals surface area contributed by atoms with Crippen LogP contribution in [-0.2, 0) is 4.79 Å². The van der Waals surface area contributed by atoms with Gasteiger partial charge in [-0.15, -0.1) is 0 Å². The van der Waals surface area contributed by atoms with Crippen molar-refractivity contribution in [1.29, 1.82) is 0 Å². The van der Waals surface area contributed by atoms with Crippen LogP contribution in [0.15, 0.2) is 6.07 Å². The van der Waals surface area contributed by atoms with E-state index in [1.54, 1.807) is 6.92 Å². The van der Waals surface area contributed by atoms with Gasteiger partial charge in [-0.25, -0.2) is 4.79 Å². The van der Waals surface area contributed by atoms with E-state index in [9.17, 15) is 14.7 Å². The zero-order chi connectivity index (χ0) is 15.2. The second-order valence-electron chi connectivity index (χ2n) is 5.58. The third kappa shape index (κ3) is 2.25. The van der Waals surface area contributed by atoms with Crippen LogP contribution in [0, 0.1) is 12.8 Å². The molecule has 5 nitrogen and oxygen atoms in total. The summed E-state index contributed by atoms with van der Waals surface area (Å²) in [6.07, 6.45) is 3.53.